The molecule has 0 spiro atoms. The molecule has 0 aromatic rings. The van der Waals surface area contributed by atoms with Crippen LogP contribution in [0.4, 0.5) is 0 Å². The van der Waals surface area contributed by atoms with E-state index in [1.165, 1.54) is 0 Å². The first-order valence-corrected chi connectivity index (χ1v) is 4.90. The SMILES string of the molecule is CCS(=O)(=O)CC1CN1. The molecule has 1 aliphatic heterocycles. The first kappa shape index (κ1) is 7.02. The summed E-state index contributed by atoms with van der Waals surface area (Å²) in [7, 11) is -2.72. The maximum atomic E-state index is 10.8. The highest BCUT2D eigenvalue weighted by Gasteiger charge is 2.25. The first-order valence-electron chi connectivity index (χ1n) is 3.08. The van der Waals surface area contributed by atoms with Crippen molar-refractivity contribution in [2.75, 3.05) is 18.1 Å². The highest BCUT2D eigenvalue weighted by atomic mass is 32.2. The largest absolute Gasteiger partial charge is 0.310 e. The third-order valence-corrected chi connectivity index (χ3v) is 3.18. The molecule has 0 bridgehead atoms. The molecule has 54 valence electrons. The fourth-order valence-corrected chi connectivity index (χ4v) is 1.71. The Balaban J connectivity index is 2.40. The lowest BCUT2D eigenvalue weighted by molar-refractivity contribution is 0.596. The van der Waals surface area contributed by atoms with E-state index in [2.05, 4.69) is 5.32 Å². The molecular formula is C5H11NO2S. The van der Waals surface area contributed by atoms with Crippen molar-refractivity contribution in [3.8, 4) is 0 Å². The Hall–Kier alpha value is -0.0900. The topological polar surface area (TPSA) is 56.1 Å². The number of hydrogen-bond acceptors (Lipinski definition) is 3. The van der Waals surface area contributed by atoms with Crippen LogP contribution in [0.3, 0.4) is 0 Å². The van der Waals surface area contributed by atoms with E-state index in [1.807, 2.05) is 0 Å². The number of nitrogens with one attached hydrogen (secondary N) is 1. The fraction of sp³-hybridized carbons (Fsp3) is 1.00. The Bertz CT molecular complexity index is 181. The Morgan fingerprint density at radius 1 is 1.67 bits per heavy atom. The van der Waals surface area contributed by atoms with Gasteiger partial charge in [0.15, 0.2) is 9.84 Å². The van der Waals surface area contributed by atoms with Crippen LogP contribution in [0.15, 0.2) is 0 Å². The average Bonchev–Trinajstić information content (AvgIpc) is 2.50. The van der Waals surface area contributed by atoms with Crippen molar-refractivity contribution in [2.24, 2.45) is 0 Å². The molecule has 0 aliphatic carbocycles. The van der Waals surface area contributed by atoms with Crippen molar-refractivity contribution in [1.29, 1.82) is 0 Å². The summed E-state index contributed by atoms with van der Waals surface area (Å²) in [4.78, 5) is 0. The van der Waals surface area contributed by atoms with E-state index in [0.29, 0.717) is 5.75 Å². The zero-order valence-corrected chi connectivity index (χ0v) is 6.24. The van der Waals surface area contributed by atoms with Crippen LogP contribution in [0, 0.1) is 0 Å². The van der Waals surface area contributed by atoms with Crippen LogP contribution in [0.25, 0.3) is 0 Å². The molecule has 0 aromatic carbocycles. The van der Waals surface area contributed by atoms with Crippen molar-refractivity contribution in [3.63, 3.8) is 0 Å². The molecule has 0 aromatic heterocycles. The van der Waals surface area contributed by atoms with Crippen molar-refractivity contribution < 1.29 is 8.42 Å². The van der Waals surface area contributed by atoms with Crippen LogP contribution in [0.1, 0.15) is 6.92 Å². The van der Waals surface area contributed by atoms with Gasteiger partial charge in [-0.15, -0.1) is 0 Å². The molecule has 0 amide bonds. The van der Waals surface area contributed by atoms with E-state index in [9.17, 15) is 8.42 Å². The zero-order valence-electron chi connectivity index (χ0n) is 5.42. The first-order chi connectivity index (χ1) is 4.14. The third-order valence-electron chi connectivity index (χ3n) is 1.39. The van der Waals surface area contributed by atoms with Crippen LogP contribution in [0.5, 0.6) is 0 Å². The average molecular weight is 149 g/mol. The van der Waals surface area contributed by atoms with E-state index in [4.69, 9.17) is 0 Å². The van der Waals surface area contributed by atoms with Gasteiger partial charge in [-0.2, -0.15) is 0 Å². The molecule has 1 atom stereocenters. The molecule has 0 saturated carbocycles. The number of rotatable bonds is 3. The van der Waals surface area contributed by atoms with Crippen molar-refractivity contribution in [2.45, 2.75) is 13.0 Å². The van der Waals surface area contributed by atoms with Crippen LogP contribution >= 0.6 is 0 Å². The molecule has 3 nitrogen and oxygen atoms in total. The van der Waals surface area contributed by atoms with E-state index in [1.54, 1.807) is 6.92 Å². The lowest BCUT2D eigenvalue weighted by atomic mass is 10.6. The maximum absolute atomic E-state index is 10.8. The lowest BCUT2D eigenvalue weighted by Crippen LogP contribution is -2.14. The summed E-state index contributed by atoms with van der Waals surface area (Å²) in [5.41, 5.74) is 0. The molecule has 0 radical (unpaired) electrons. The van der Waals surface area contributed by atoms with Crippen LogP contribution in [0.2, 0.25) is 0 Å². The standard InChI is InChI=1S/C5H11NO2S/c1-2-9(7,8)4-5-3-6-5/h5-6H,2-4H2,1H3. The van der Waals surface area contributed by atoms with Crippen molar-refractivity contribution in [3.05, 3.63) is 0 Å². The normalized spacial score (nSPS) is 26.1. The Morgan fingerprint density at radius 3 is 2.56 bits per heavy atom. The van der Waals surface area contributed by atoms with Gasteiger partial charge in [-0.3, -0.25) is 0 Å². The second-order valence-electron chi connectivity index (χ2n) is 2.30. The summed E-state index contributed by atoms with van der Waals surface area (Å²) in [6, 6.07) is 0.259. The summed E-state index contributed by atoms with van der Waals surface area (Å²) < 4.78 is 21.6. The van der Waals surface area contributed by atoms with Gasteiger partial charge < -0.3 is 5.32 Å². The molecule has 1 aliphatic rings. The van der Waals surface area contributed by atoms with E-state index in [0.717, 1.165) is 6.54 Å². The molecule has 9 heavy (non-hydrogen) atoms. The molecular weight excluding hydrogens is 138 g/mol. The minimum Gasteiger partial charge on any atom is -0.310 e. The van der Waals surface area contributed by atoms with Gasteiger partial charge in [-0.05, 0) is 0 Å². The van der Waals surface area contributed by atoms with Gasteiger partial charge in [0.25, 0.3) is 0 Å². The quantitative estimate of drug-likeness (QED) is 0.545. The van der Waals surface area contributed by atoms with Crippen molar-refractivity contribution in [1.82, 2.24) is 5.32 Å². The number of sulfone groups is 1. The predicted molar refractivity (Wildman–Crippen MR) is 36.1 cm³/mol. The van der Waals surface area contributed by atoms with Crippen LogP contribution in [-0.4, -0.2) is 32.5 Å². The molecule has 1 rings (SSSR count). The van der Waals surface area contributed by atoms with E-state index in [-0.39, 0.29) is 11.8 Å². The third kappa shape index (κ3) is 2.32. The summed E-state index contributed by atoms with van der Waals surface area (Å²) >= 11 is 0. The second-order valence-corrected chi connectivity index (χ2v) is 4.70. The fourth-order valence-electron chi connectivity index (χ4n) is 0.626. The van der Waals surface area contributed by atoms with Crippen LogP contribution in [-0.2, 0) is 9.84 Å². The lowest BCUT2D eigenvalue weighted by Gasteiger charge is -1.94. The highest BCUT2D eigenvalue weighted by molar-refractivity contribution is 7.91. The van der Waals surface area contributed by atoms with E-state index < -0.39 is 9.84 Å². The van der Waals surface area contributed by atoms with Gasteiger partial charge in [0, 0.05) is 18.3 Å². The molecule has 4 heteroatoms. The monoisotopic (exact) mass is 149 g/mol. The smallest absolute Gasteiger partial charge is 0.151 e. The molecule has 1 fully saturated rings. The molecule has 1 unspecified atom stereocenters. The minimum atomic E-state index is -2.72. The van der Waals surface area contributed by atoms with Gasteiger partial charge in [0.1, 0.15) is 0 Å². The van der Waals surface area contributed by atoms with Crippen LogP contribution < -0.4 is 5.32 Å². The Morgan fingerprint density at radius 2 is 2.22 bits per heavy atom. The Kier molecular flexibility index (Phi) is 1.77. The summed E-state index contributed by atoms with van der Waals surface area (Å²) in [5, 5.41) is 2.95. The van der Waals surface area contributed by atoms with E-state index >= 15 is 0 Å². The zero-order chi connectivity index (χ0) is 6.91. The number of hydrogen-bond donors (Lipinski definition) is 1. The predicted octanol–water partition coefficient (Wildman–Crippen LogP) is -0.607. The summed E-state index contributed by atoms with van der Waals surface area (Å²) in [6.45, 7) is 2.55. The molecule has 1 N–H and O–H groups in total. The maximum Gasteiger partial charge on any atom is 0.151 e. The minimum absolute atomic E-state index is 0.259. The Labute approximate surface area is 55.4 Å². The molecule has 1 saturated heterocycles. The second kappa shape index (κ2) is 2.27. The van der Waals surface area contributed by atoms with Gasteiger partial charge in [0.05, 0.1) is 5.75 Å². The van der Waals surface area contributed by atoms with Gasteiger partial charge in [-0.1, -0.05) is 6.92 Å². The highest BCUT2D eigenvalue weighted by Crippen LogP contribution is 2.01. The summed E-state index contributed by atoms with van der Waals surface area (Å²) in [5.74, 6) is 0.592. The van der Waals surface area contributed by atoms with Gasteiger partial charge >= 0.3 is 0 Å². The molecule has 1 heterocycles. The van der Waals surface area contributed by atoms with Gasteiger partial charge in [-0.25, -0.2) is 8.42 Å². The summed E-state index contributed by atoms with van der Waals surface area (Å²) in [6.07, 6.45) is 0. The van der Waals surface area contributed by atoms with Gasteiger partial charge in [0.2, 0.25) is 0 Å². The van der Waals surface area contributed by atoms with Crippen molar-refractivity contribution >= 4 is 9.84 Å².